The molecule has 1 aromatic heterocycles. The Morgan fingerprint density at radius 2 is 2.00 bits per heavy atom. The van der Waals surface area contributed by atoms with Crippen molar-refractivity contribution in [2.75, 3.05) is 6.54 Å². The predicted molar refractivity (Wildman–Crippen MR) is 80.7 cm³/mol. The smallest absolute Gasteiger partial charge is 0.130 e. The van der Waals surface area contributed by atoms with Crippen LogP contribution < -0.4 is 5.32 Å². The molecule has 1 aromatic rings. The Bertz CT molecular complexity index is 431. The Labute approximate surface area is 121 Å². The van der Waals surface area contributed by atoms with Gasteiger partial charge in [0.25, 0.3) is 0 Å². The molecule has 0 aromatic carbocycles. The molecule has 0 aliphatic heterocycles. The Kier molecular flexibility index (Phi) is 4.57. The molecule has 1 N–H and O–H groups in total. The van der Waals surface area contributed by atoms with Crippen molar-refractivity contribution in [1.29, 1.82) is 0 Å². The van der Waals surface area contributed by atoms with Crippen molar-refractivity contribution < 1.29 is 0 Å². The Hall–Kier alpha value is -0.540. The van der Waals surface area contributed by atoms with E-state index in [1.807, 2.05) is 7.05 Å². The van der Waals surface area contributed by atoms with E-state index in [-0.39, 0.29) is 0 Å². The lowest BCUT2D eigenvalue weighted by Crippen LogP contribution is -2.36. The maximum Gasteiger partial charge on any atom is 0.130 e. The number of rotatable bonds is 7. The lowest BCUT2D eigenvalue weighted by molar-refractivity contribution is 0.245. The molecule has 0 atom stereocenters. The normalized spacial score (nSPS) is 16.1. The van der Waals surface area contributed by atoms with E-state index >= 15 is 0 Å². The van der Waals surface area contributed by atoms with Gasteiger partial charge in [-0.05, 0) is 44.4 Å². The molecule has 1 fully saturated rings. The van der Waals surface area contributed by atoms with Crippen LogP contribution in [-0.2, 0) is 13.5 Å². The van der Waals surface area contributed by atoms with E-state index in [4.69, 9.17) is 11.6 Å². The van der Waals surface area contributed by atoms with E-state index in [9.17, 15) is 0 Å². The monoisotopic (exact) mass is 283 g/mol. The van der Waals surface area contributed by atoms with Crippen LogP contribution in [0.15, 0.2) is 0 Å². The molecule has 2 rings (SSSR count). The molecule has 19 heavy (non-hydrogen) atoms. The number of halogens is 1. The van der Waals surface area contributed by atoms with Crippen LogP contribution in [0.4, 0.5) is 0 Å². The number of aromatic nitrogens is 2. The molecule has 0 saturated heterocycles. The van der Waals surface area contributed by atoms with Crippen LogP contribution >= 0.6 is 11.6 Å². The van der Waals surface area contributed by atoms with E-state index in [1.165, 1.54) is 31.2 Å². The summed E-state index contributed by atoms with van der Waals surface area (Å²) in [6, 6.07) is 0.767. The standard InChI is InChI=1S/C15H26ClN3/c1-5-15(6-2,10-17-12-7-8-12)9-13-11(3)18-19(4)14(13)16/h12,17H,5-10H2,1-4H3. The highest BCUT2D eigenvalue weighted by atomic mass is 35.5. The average molecular weight is 284 g/mol. The SMILES string of the molecule is CCC(CC)(CNC1CC1)Cc1c(C)nn(C)c1Cl. The van der Waals surface area contributed by atoms with Crippen LogP contribution in [-0.4, -0.2) is 22.4 Å². The van der Waals surface area contributed by atoms with Crippen LogP contribution in [0, 0.1) is 12.3 Å². The first-order valence-electron chi connectivity index (χ1n) is 7.42. The Balaban J connectivity index is 2.13. The van der Waals surface area contributed by atoms with Crippen molar-refractivity contribution in [2.24, 2.45) is 12.5 Å². The predicted octanol–water partition coefficient (Wildman–Crippen LogP) is 3.48. The number of aryl methyl sites for hydroxylation is 2. The second kappa shape index (κ2) is 5.84. The number of nitrogens with zero attached hydrogens (tertiary/aromatic N) is 2. The van der Waals surface area contributed by atoms with Crippen LogP contribution in [0.5, 0.6) is 0 Å². The zero-order valence-corrected chi connectivity index (χ0v) is 13.3. The van der Waals surface area contributed by atoms with Crippen molar-refractivity contribution in [1.82, 2.24) is 15.1 Å². The van der Waals surface area contributed by atoms with Gasteiger partial charge in [-0.3, -0.25) is 4.68 Å². The third-order valence-electron chi connectivity index (χ3n) is 4.66. The first-order valence-corrected chi connectivity index (χ1v) is 7.80. The van der Waals surface area contributed by atoms with E-state index in [0.717, 1.165) is 29.9 Å². The molecule has 0 amide bonds. The summed E-state index contributed by atoms with van der Waals surface area (Å²) in [6.45, 7) is 7.73. The summed E-state index contributed by atoms with van der Waals surface area (Å²) >= 11 is 6.39. The summed E-state index contributed by atoms with van der Waals surface area (Å²) in [5.41, 5.74) is 2.61. The summed E-state index contributed by atoms with van der Waals surface area (Å²) in [4.78, 5) is 0. The minimum absolute atomic E-state index is 0.306. The molecule has 4 heteroatoms. The molecular formula is C15H26ClN3. The van der Waals surface area contributed by atoms with E-state index in [2.05, 4.69) is 31.2 Å². The van der Waals surface area contributed by atoms with Crippen molar-refractivity contribution in [3.05, 3.63) is 16.4 Å². The maximum atomic E-state index is 6.39. The molecule has 0 unspecified atom stereocenters. The molecule has 1 aliphatic carbocycles. The summed E-state index contributed by atoms with van der Waals surface area (Å²) < 4.78 is 1.79. The quantitative estimate of drug-likeness (QED) is 0.830. The van der Waals surface area contributed by atoms with Gasteiger partial charge in [0.2, 0.25) is 0 Å². The molecule has 108 valence electrons. The molecule has 1 aliphatic rings. The minimum Gasteiger partial charge on any atom is -0.313 e. The summed E-state index contributed by atoms with van der Waals surface area (Å²) in [7, 11) is 1.92. The largest absolute Gasteiger partial charge is 0.313 e. The fourth-order valence-electron chi connectivity index (χ4n) is 2.71. The third kappa shape index (κ3) is 3.32. The van der Waals surface area contributed by atoms with Crippen LogP contribution in [0.25, 0.3) is 0 Å². The second-order valence-corrected chi connectivity index (χ2v) is 6.38. The van der Waals surface area contributed by atoms with Crippen molar-refractivity contribution in [2.45, 2.75) is 58.9 Å². The van der Waals surface area contributed by atoms with Gasteiger partial charge >= 0.3 is 0 Å². The highest BCUT2D eigenvalue weighted by molar-refractivity contribution is 6.30. The zero-order valence-electron chi connectivity index (χ0n) is 12.6. The summed E-state index contributed by atoms with van der Waals surface area (Å²) in [6.07, 6.45) is 6.06. The second-order valence-electron chi connectivity index (χ2n) is 6.02. The molecule has 1 saturated carbocycles. The van der Waals surface area contributed by atoms with Crippen LogP contribution in [0.2, 0.25) is 5.15 Å². The van der Waals surface area contributed by atoms with E-state index in [0.29, 0.717) is 5.41 Å². The number of nitrogens with one attached hydrogen (secondary N) is 1. The van der Waals surface area contributed by atoms with Gasteiger partial charge in [0, 0.05) is 25.2 Å². The van der Waals surface area contributed by atoms with Gasteiger partial charge in [0.15, 0.2) is 0 Å². The number of hydrogen-bond acceptors (Lipinski definition) is 2. The lowest BCUT2D eigenvalue weighted by atomic mass is 9.77. The van der Waals surface area contributed by atoms with Gasteiger partial charge in [0.1, 0.15) is 5.15 Å². The van der Waals surface area contributed by atoms with Gasteiger partial charge in [-0.2, -0.15) is 5.10 Å². The minimum atomic E-state index is 0.306. The van der Waals surface area contributed by atoms with Crippen molar-refractivity contribution in [3.8, 4) is 0 Å². The molecule has 0 bridgehead atoms. The van der Waals surface area contributed by atoms with Crippen molar-refractivity contribution in [3.63, 3.8) is 0 Å². The Morgan fingerprint density at radius 1 is 1.37 bits per heavy atom. The molecule has 1 heterocycles. The maximum absolute atomic E-state index is 6.39. The van der Waals surface area contributed by atoms with Crippen LogP contribution in [0.1, 0.15) is 50.8 Å². The van der Waals surface area contributed by atoms with E-state index < -0.39 is 0 Å². The molecule has 3 nitrogen and oxygen atoms in total. The van der Waals surface area contributed by atoms with Gasteiger partial charge < -0.3 is 5.32 Å². The van der Waals surface area contributed by atoms with Crippen molar-refractivity contribution >= 4 is 11.6 Å². The molecular weight excluding hydrogens is 258 g/mol. The topological polar surface area (TPSA) is 29.9 Å². The fourth-order valence-corrected chi connectivity index (χ4v) is 2.95. The third-order valence-corrected chi connectivity index (χ3v) is 5.14. The highest BCUT2D eigenvalue weighted by Crippen LogP contribution is 2.35. The highest BCUT2D eigenvalue weighted by Gasteiger charge is 2.32. The molecule has 0 spiro atoms. The zero-order chi connectivity index (χ0) is 14.0. The van der Waals surface area contributed by atoms with Gasteiger partial charge in [0.05, 0.1) is 5.69 Å². The molecule has 0 radical (unpaired) electrons. The van der Waals surface area contributed by atoms with Crippen LogP contribution in [0.3, 0.4) is 0 Å². The summed E-state index contributed by atoms with van der Waals surface area (Å²) in [5, 5.41) is 8.93. The van der Waals surface area contributed by atoms with Gasteiger partial charge in [-0.1, -0.05) is 25.4 Å². The summed E-state index contributed by atoms with van der Waals surface area (Å²) in [5.74, 6) is 0. The first-order chi connectivity index (χ1) is 9.01. The van der Waals surface area contributed by atoms with Gasteiger partial charge in [-0.25, -0.2) is 0 Å². The Morgan fingerprint density at radius 3 is 2.42 bits per heavy atom. The lowest BCUT2D eigenvalue weighted by Gasteiger charge is -2.32. The first kappa shape index (κ1) is 14.9. The number of hydrogen-bond donors (Lipinski definition) is 1. The fraction of sp³-hybridized carbons (Fsp3) is 0.800. The van der Waals surface area contributed by atoms with E-state index in [1.54, 1.807) is 4.68 Å². The van der Waals surface area contributed by atoms with Gasteiger partial charge in [-0.15, -0.1) is 0 Å². The average Bonchev–Trinajstić information content (AvgIpc) is 3.19.